The zero-order valence-corrected chi connectivity index (χ0v) is 49.2. The lowest BCUT2D eigenvalue weighted by Crippen LogP contribution is -2.69. The maximum atomic E-state index is 11.8. The third-order valence-corrected chi connectivity index (χ3v) is 17.5. The molecule has 0 spiro atoms. The maximum absolute atomic E-state index is 11.8. The fraction of sp³-hybridized carbons (Fsp3) is 1.00. The van der Waals surface area contributed by atoms with Gasteiger partial charge < -0.3 is 199 Å². The molecule has 0 radical (unpaired) electrons. The van der Waals surface area contributed by atoms with Crippen LogP contribution in [0.15, 0.2) is 0 Å². The summed E-state index contributed by atoms with van der Waals surface area (Å²) in [5, 5.41) is 255. The van der Waals surface area contributed by atoms with Crippen LogP contribution in [0.4, 0.5) is 0 Å². The molecule has 30 saturated heterocycles. The van der Waals surface area contributed by atoms with Crippen LogP contribution in [0.3, 0.4) is 0 Å². The molecule has 30 fully saturated rings. The van der Waals surface area contributed by atoms with Crippen molar-refractivity contribution in [3.05, 3.63) is 0 Å². The summed E-state index contributed by atoms with van der Waals surface area (Å²) in [4.78, 5) is 0. The summed E-state index contributed by atoms with van der Waals surface area (Å²) in [6.07, 6.45) is -85.3. The van der Waals surface area contributed by atoms with Gasteiger partial charge in [-0.05, 0) is 0 Å². The number of aliphatic hydroxyl groups is 23. The van der Waals surface area contributed by atoms with E-state index in [0.29, 0.717) is 0 Å². The van der Waals surface area contributed by atoms with Crippen molar-refractivity contribution in [2.45, 2.75) is 246 Å². The molecule has 30 rings (SSSR count). The van der Waals surface area contributed by atoms with Gasteiger partial charge >= 0.3 is 10.4 Å². The van der Waals surface area contributed by atoms with Crippen molar-refractivity contribution in [3.8, 4) is 0 Å². The molecule has 44 nitrogen and oxygen atoms in total. The van der Waals surface area contributed by atoms with E-state index in [1.807, 2.05) is 0 Å². The Bertz CT molecular complexity index is 2400. The smallest absolute Gasteiger partial charge is 0.394 e. The Balaban J connectivity index is 0.0000111. The van der Waals surface area contributed by atoms with Crippen molar-refractivity contribution in [2.24, 2.45) is 0 Å². The molecule has 30 aliphatic heterocycles. The minimum atomic E-state index is -5.41. The Morgan fingerprint density at radius 2 is 0.355 bits per heavy atom. The average Bonchev–Trinajstić information content (AvgIpc) is 0.784. The van der Waals surface area contributed by atoms with Crippen LogP contribution < -0.4 is 6.15 Å². The van der Waals surface area contributed by atoms with Crippen LogP contribution in [0.2, 0.25) is 0 Å². The molecule has 0 amide bonds. The van der Waals surface area contributed by atoms with E-state index in [1.54, 1.807) is 0 Å². The van der Waals surface area contributed by atoms with Crippen LogP contribution in [0, 0.1) is 0 Å². The largest absolute Gasteiger partial charge is 0.397 e. The molecule has 45 heteroatoms. The molecule has 0 aromatic carbocycles. The quantitative estimate of drug-likeness (QED) is 0.0903. The summed E-state index contributed by atoms with van der Waals surface area (Å²) in [6.45, 7) is -9.26. The fourth-order valence-electron chi connectivity index (χ4n) is 12.0. The van der Waals surface area contributed by atoms with Crippen molar-refractivity contribution < 1.29 is 210 Å². The van der Waals surface area contributed by atoms with Crippen LogP contribution >= 0.6 is 0 Å². The second-order valence-electron chi connectivity index (χ2n) is 23.0. The first-order chi connectivity index (χ1) is 43.5. The Morgan fingerprint density at radius 3 is 0.484 bits per heavy atom. The van der Waals surface area contributed by atoms with Crippen molar-refractivity contribution in [1.82, 2.24) is 6.15 Å². The molecule has 544 valence electrons. The Hall–Kier alpha value is -1.73. The van der Waals surface area contributed by atoms with Crippen LogP contribution in [-0.2, 0) is 90.4 Å². The predicted octanol–water partition coefficient (Wildman–Crippen LogP) is -17.4. The summed E-state index contributed by atoms with van der Waals surface area (Å²) in [7, 11) is -5.41. The SMILES string of the molecule is N.O=S(=O)(O)OC[C@H]1O[C@@H]2O[C@H]3[C@H](O)[C@@H](O)[C@@H](O[C@H]4[C@H](O)[C@@H](O)[C@@H](O[C@H]5[C@H](O)[C@@H](O)[C@@H](O[C@H]6[C@H](O)[C@@H](O)[C@@H](O[C@H]7[C@H](O)[C@@H](O)[C@@H](O[C@H]8[C@H](O)[C@@H](O)[C@@H](O[C@H]9[C@H](O)[C@@H](O)[C@@H](O[C@H]1[C@H](O)[C@H]2O)O[C@@H]9CO)O[C@@H]8CO)O[C@@H]7CO)O[C@@H]6CO)O[C@@H]5CO)O[C@@H]4CO)O[C@@H]3CO. The average molecular weight is 1390 g/mol. The zero-order chi connectivity index (χ0) is 67.3. The van der Waals surface area contributed by atoms with Crippen LogP contribution in [0.25, 0.3) is 0 Å². The molecule has 0 aromatic heterocycles. The van der Waals surface area contributed by atoms with Crippen LogP contribution in [0.1, 0.15) is 0 Å². The topological polar surface area (TPSA) is 712 Å². The number of hydrogen-bond donors (Lipinski definition) is 25. The van der Waals surface area contributed by atoms with Crippen LogP contribution in [-0.4, -0.2) is 429 Å². The van der Waals surface area contributed by atoms with Gasteiger partial charge in [0.1, 0.15) is 195 Å². The number of rotatable bonds is 10. The number of hydrogen-bond acceptors (Lipinski definition) is 43. The van der Waals surface area contributed by atoms with Gasteiger partial charge in [-0.15, -0.1) is 0 Å². The standard InChI is InChI=1S/C48H80O43S.H3N/c49-1-9-33-17(56)25(64)41(76-9)85-34-10(2-50)78-43(27(66)19(34)58)87-36-12(4-52)80-45(29(68)21(36)60)89-38-14(6-54)82-47(31(70)23(38)62)91-40-16(8-75-92(72,73)74)83-48(32(71)24(40)63)90-39-15(7-55)81-46(30(69)22(39)61)88-37-13(5-53)79-44(28(67)20(37)59)86-35-11(3-51)77-42(84-33)26(65)18(35)57;/h9-71H,1-8H2,(H,72,73,74);1H3/t9-,10-,11-,12-,13-,14-,15-,16-,17-,18-,19-,20-,21-,22-,23-,24-,25-,26-,27-,28-,29-,30-,31-,32-,33-,34-,35-,36-,37-,38-,39-,40-,41-,42-,43-,44-,45-,46-,47-,48-;/m1./s1. The van der Waals surface area contributed by atoms with E-state index < -0.39 is 309 Å². The summed E-state index contributed by atoms with van der Waals surface area (Å²) in [5.41, 5.74) is 0. The highest BCUT2D eigenvalue weighted by Gasteiger charge is 2.60. The van der Waals surface area contributed by atoms with Gasteiger partial charge in [0.2, 0.25) is 0 Å². The molecule has 0 unspecified atom stereocenters. The van der Waals surface area contributed by atoms with Gasteiger partial charge in [0, 0.05) is 0 Å². The third-order valence-electron chi connectivity index (χ3n) is 17.1. The lowest BCUT2D eigenvalue weighted by atomic mass is 9.94. The van der Waals surface area contributed by atoms with Gasteiger partial charge in [0.25, 0.3) is 0 Å². The van der Waals surface area contributed by atoms with E-state index in [2.05, 4.69) is 4.18 Å². The van der Waals surface area contributed by atoms with Crippen molar-refractivity contribution >= 4 is 10.4 Å². The second kappa shape index (κ2) is 32.3. The fourth-order valence-corrected chi connectivity index (χ4v) is 12.4. The molecule has 40 atom stereocenters. The molecule has 30 aliphatic rings. The van der Waals surface area contributed by atoms with Gasteiger partial charge in [0.05, 0.1) is 52.9 Å². The first-order valence-electron chi connectivity index (χ1n) is 28.8. The highest BCUT2D eigenvalue weighted by Crippen LogP contribution is 2.40. The molecule has 27 N–H and O–H groups in total. The summed E-state index contributed by atoms with van der Waals surface area (Å²) in [6, 6.07) is 0. The lowest BCUT2D eigenvalue weighted by molar-refractivity contribution is -0.404. The third kappa shape index (κ3) is 15.9. The van der Waals surface area contributed by atoms with E-state index in [-0.39, 0.29) is 6.15 Å². The molecule has 0 aliphatic carbocycles. The lowest BCUT2D eigenvalue weighted by Gasteiger charge is -2.50. The molecule has 16 bridgehead atoms. The number of ether oxygens (including phenoxy) is 16. The highest BCUT2D eigenvalue weighted by molar-refractivity contribution is 7.80. The zero-order valence-electron chi connectivity index (χ0n) is 48.4. The maximum Gasteiger partial charge on any atom is 0.397 e. The molecule has 0 aromatic rings. The summed E-state index contributed by atoms with van der Waals surface area (Å²) in [5.74, 6) is 0. The minimum absolute atomic E-state index is 0. The molecule has 30 heterocycles. The van der Waals surface area contributed by atoms with Gasteiger partial charge in [-0.2, -0.15) is 8.42 Å². The number of aliphatic hydroxyl groups excluding tert-OH is 23. The first-order valence-corrected chi connectivity index (χ1v) is 30.2. The molecular formula is C48H83NO43S. The van der Waals surface area contributed by atoms with E-state index >= 15 is 0 Å². The van der Waals surface area contributed by atoms with Crippen LogP contribution in [0.5, 0.6) is 0 Å². The van der Waals surface area contributed by atoms with E-state index in [0.717, 1.165) is 0 Å². The highest BCUT2D eigenvalue weighted by atomic mass is 32.3. The first kappa shape index (κ1) is 77.0. The van der Waals surface area contributed by atoms with Gasteiger partial charge in [-0.25, -0.2) is 4.18 Å². The summed E-state index contributed by atoms with van der Waals surface area (Å²) < 4.78 is 128. The van der Waals surface area contributed by atoms with E-state index in [1.165, 1.54) is 0 Å². The molecular weight excluding hydrogens is 1310 g/mol. The Kier molecular flexibility index (Phi) is 26.7. The monoisotopic (exact) mass is 1390 g/mol. The Labute approximate surface area is 524 Å². The second-order valence-corrected chi connectivity index (χ2v) is 24.1. The summed E-state index contributed by atoms with van der Waals surface area (Å²) >= 11 is 0. The van der Waals surface area contributed by atoms with E-state index in [9.17, 15) is 130 Å². The normalized spacial score (nSPS) is 53.1. The Morgan fingerprint density at radius 1 is 0.226 bits per heavy atom. The predicted molar refractivity (Wildman–Crippen MR) is 277 cm³/mol. The van der Waals surface area contributed by atoms with Crippen molar-refractivity contribution in [1.29, 1.82) is 0 Å². The van der Waals surface area contributed by atoms with E-state index in [4.69, 9.17) is 75.8 Å². The van der Waals surface area contributed by atoms with Crippen molar-refractivity contribution in [2.75, 3.05) is 52.9 Å². The van der Waals surface area contributed by atoms with Gasteiger partial charge in [-0.3, -0.25) is 4.55 Å². The molecule has 0 saturated carbocycles. The van der Waals surface area contributed by atoms with Gasteiger partial charge in [-0.1, -0.05) is 0 Å². The minimum Gasteiger partial charge on any atom is -0.394 e. The molecule has 93 heavy (non-hydrogen) atoms. The van der Waals surface area contributed by atoms with Gasteiger partial charge in [0.15, 0.2) is 50.3 Å². The van der Waals surface area contributed by atoms with Crippen molar-refractivity contribution in [3.63, 3.8) is 0 Å².